The summed E-state index contributed by atoms with van der Waals surface area (Å²) in [5.74, 6) is 0. The Morgan fingerprint density at radius 2 is 1.11 bits per heavy atom. The zero-order valence-electron chi connectivity index (χ0n) is 24.6. The average Bonchev–Trinajstić information content (AvgIpc) is 2.71. The quantitative estimate of drug-likeness (QED) is 0.332. The number of allylic oxidation sites excluding steroid dienone is 2. The normalized spacial score (nSPS) is 24.6. The van der Waals surface area contributed by atoms with Crippen molar-refractivity contribution in [3.8, 4) is 0 Å². The van der Waals surface area contributed by atoms with Crippen LogP contribution in [0.2, 0.25) is 69.6 Å². The second-order valence-electron chi connectivity index (χ2n) is 14.7. The molecule has 192 valence electrons. The highest BCUT2D eigenvalue weighted by atomic mass is 29.3. The van der Waals surface area contributed by atoms with E-state index in [0.29, 0.717) is 0 Å². The maximum atomic E-state index is 7.88. The highest BCUT2D eigenvalue weighted by Gasteiger charge is 2.72. The molecule has 3 rings (SSSR count). The van der Waals surface area contributed by atoms with E-state index in [1.54, 1.807) is 11.1 Å². The lowest BCUT2D eigenvalue weighted by Gasteiger charge is -2.69. The summed E-state index contributed by atoms with van der Waals surface area (Å²) in [6.45, 7) is 30.9. The van der Waals surface area contributed by atoms with Gasteiger partial charge in [0.05, 0.1) is 15.7 Å². The highest BCUT2D eigenvalue weighted by Crippen LogP contribution is 2.70. The predicted octanol–water partition coefficient (Wildman–Crippen LogP) is 9.88. The van der Waals surface area contributed by atoms with E-state index in [-0.39, 0.29) is 10.1 Å². The van der Waals surface area contributed by atoms with E-state index >= 15 is 0 Å². The second kappa shape index (κ2) is 9.39. The molecular formula is C30H50OSi4. The fraction of sp³-hybridized carbons (Fsp3) is 0.533. The van der Waals surface area contributed by atoms with Gasteiger partial charge in [0.25, 0.3) is 0 Å². The first kappa shape index (κ1) is 28.6. The van der Waals surface area contributed by atoms with Gasteiger partial charge in [-0.2, -0.15) is 0 Å². The SMILES string of the molecule is CC(C)(C)[C@]1([Si](C)(C)C)CC(c2ccccc2)=C(c2ccccc2)C[Si@@]1(O[Si](C)(C)C)[Si](C)(C)C. The van der Waals surface area contributed by atoms with Gasteiger partial charge in [-0.3, -0.25) is 0 Å². The van der Waals surface area contributed by atoms with E-state index in [1.165, 1.54) is 11.1 Å². The molecule has 0 radical (unpaired) electrons. The van der Waals surface area contributed by atoms with Crippen LogP contribution in [0.15, 0.2) is 60.7 Å². The van der Waals surface area contributed by atoms with Gasteiger partial charge in [-0.1, -0.05) is 121 Å². The molecular weight excluding hydrogens is 489 g/mol. The third-order valence-electron chi connectivity index (χ3n) is 8.42. The highest BCUT2D eigenvalue weighted by molar-refractivity contribution is 7.44. The second-order valence-corrected chi connectivity index (χ2v) is 39.9. The van der Waals surface area contributed by atoms with E-state index in [1.807, 2.05) is 0 Å². The molecule has 0 bridgehead atoms. The topological polar surface area (TPSA) is 9.23 Å². The Labute approximate surface area is 220 Å². The Morgan fingerprint density at radius 3 is 1.46 bits per heavy atom. The molecule has 0 unspecified atom stereocenters. The molecule has 2 aromatic carbocycles. The summed E-state index contributed by atoms with van der Waals surface area (Å²) in [5, 5.41) is 0. The van der Waals surface area contributed by atoms with Crippen molar-refractivity contribution >= 4 is 43.0 Å². The standard InChI is InChI=1S/C30H50OSi4/c1-29(2,3)30(32(4,5)6)23-27(25-19-15-13-16-20-25)28(26-21-17-14-18-22-26)24-35(30,34(10,11)12)31-33(7,8)9/h13-22H,23-24H2,1-12H3/t30-,35+/m0/s1. The first-order valence-corrected chi connectivity index (χ1v) is 26.9. The zero-order chi connectivity index (χ0) is 26.5. The van der Waals surface area contributed by atoms with Gasteiger partial charge in [0.15, 0.2) is 16.2 Å². The molecule has 1 aliphatic heterocycles. The largest absolute Gasteiger partial charge is 0.457 e. The maximum absolute atomic E-state index is 7.88. The van der Waals surface area contributed by atoms with Gasteiger partial charge < -0.3 is 4.12 Å². The van der Waals surface area contributed by atoms with Crippen LogP contribution in [0, 0.1) is 5.41 Å². The van der Waals surface area contributed by atoms with Crippen molar-refractivity contribution in [3.05, 3.63) is 71.8 Å². The van der Waals surface area contributed by atoms with E-state index in [2.05, 4.69) is 140 Å². The molecule has 0 aromatic heterocycles. The van der Waals surface area contributed by atoms with Gasteiger partial charge in [-0.25, -0.2) is 0 Å². The molecule has 0 amide bonds. The predicted molar refractivity (Wildman–Crippen MR) is 168 cm³/mol. The number of hydrogen-bond acceptors (Lipinski definition) is 1. The van der Waals surface area contributed by atoms with Gasteiger partial charge in [0.1, 0.15) is 0 Å². The van der Waals surface area contributed by atoms with Crippen molar-refractivity contribution < 1.29 is 4.12 Å². The van der Waals surface area contributed by atoms with E-state index < -0.39 is 31.8 Å². The lowest BCUT2D eigenvalue weighted by atomic mass is 9.82. The molecule has 2 atom stereocenters. The first-order valence-electron chi connectivity index (χ1n) is 13.4. The Balaban J connectivity index is 2.54. The lowest BCUT2D eigenvalue weighted by molar-refractivity contribution is 0.298. The van der Waals surface area contributed by atoms with Crippen LogP contribution in [-0.4, -0.2) is 31.8 Å². The molecule has 0 fully saturated rings. The van der Waals surface area contributed by atoms with Crippen LogP contribution in [-0.2, 0) is 4.12 Å². The van der Waals surface area contributed by atoms with Gasteiger partial charge in [0.2, 0.25) is 0 Å². The molecule has 5 heteroatoms. The third-order valence-corrected chi connectivity index (χ3v) is 35.5. The summed E-state index contributed by atoms with van der Waals surface area (Å²) in [6, 6.07) is 23.7. The molecule has 1 aliphatic rings. The van der Waals surface area contributed by atoms with Crippen LogP contribution < -0.4 is 0 Å². The number of benzene rings is 2. The molecule has 0 saturated carbocycles. The third kappa shape index (κ3) is 5.08. The molecule has 0 aliphatic carbocycles. The van der Waals surface area contributed by atoms with Crippen molar-refractivity contribution in [1.82, 2.24) is 0 Å². The summed E-state index contributed by atoms with van der Waals surface area (Å²) in [6.07, 6.45) is 1.15. The minimum Gasteiger partial charge on any atom is -0.457 e. The van der Waals surface area contributed by atoms with Gasteiger partial charge in [0, 0.05) is 0 Å². The molecule has 0 N–H and O–H groups in total. The van der Waals surface area contributed by atoms with Crippen molar-refractivity contribution in [2.24, 2.45) is 5.41 Å². The smallest absolute Gasteiger partial charge is 0.174 e. The molecule has 1 heterocycles. The molecule has 0 spiro atoms. The van der Waals surface area contributed by atoms with E-state index in [9.17, 15) is 0 Å². The fourth-order valence-electron chi connectivity index (χ4n) is 7.42. The minimum absolute atomic E-state index is 0.172. The van der Waals surface area contributed by atoms with Crippen LogP contribution >= 0.6 is 0 Å². The number of hydrogen-bond donors (Lipinski definition) is 0. The van der Waals surface area contributed by atoms with Gasteiger partial charge in [-0.15, -0.1) is 0 Å². The molecule has 0 saturated heterocycles. The van der Waals surface area contributed by atoms with Crippen LogP contribution in [0.5, 0.6) is 0 Å². The minimum atomic E-state index is -2.29. The van der Waals surface area contributed by atoms with Crippen molar-refractivity contribution in [2.45, 2.75) is 96.8 Å². The zero-order valence-corrected chi connectivity index (χ0v) is 28.6. The van der Waals surface area contributed by atoms with Crippen LogP contribution in [0.25, 0.3) is 11.1 Å². The summed E-state index contributed by atoms with van der Waals surface area (Å²) >= 11 is 0. The Hall–Kier alpha value is -0.992. The van der Waals surface area contributed by atoms with E-state index in [0.717, 1.165) is 12.5 Å². The Morgan fingerprint density at radius 1 is 0.686 bits per heavy atom. The molecule has 2 aromatic rings. The molecule has 35 heavy (non-hydrogen) atoms. The maximum Gasteiger partial charge on any atom is 0.174 e. The van der Waals surface area contributed by atoms with Crippen molar-refractivity contribution in [2.75, 3.05) is 0 Å². The van der Waals surface area contributed by atoms with Crippen LogP contribution in [0.1, 0.15) is 38.3 Å². The van der Waals surface area contributed by atoms with Crippen LogP contribution in [0.3, 0.4) is 0 Å². The summed E-state index contributed by atoms with van der Waals surface area (Å²) in [7, 11) is -7.55. The van der Waals surface area contributed by atoms with Crippen molar-refractivity contribution in [1.29, 1.82) is 0 Å². The summed E-state index contributed by atoms with van der Waals surface area (Å²) in [5.41, 5.74) is 6.13. The molecule has 1 nitrogen and oxygen atoms in total. The number of rotatable bonds is 6. The fourth-order valence-corrected chi connectivity index (χ4v) is 46.7. The van der Waals surface area contributed by atoms with Gasteiger partial charge in [-0.05, 0) is 64.5 Å². The van der Waals surface area contributed by atoms with E-state index in [4.69, 9.17) is 4.12 Å². The lowest BCUT2D eigenvalue weighted by Crippen LogP contribution is -2.78. The van der Waals surface area contributed by atoms with Gasteiger partial charge >= 0.3 is 0 Å². The monoisotopic (exact) mass is 538 g/mol. The Bertz CT molecular complexity index is 1030. The van der Waals surface area contributed by atoms with Crippen molar-refractivity contribution in [3.63, 3.8) is 0 Å². The average molecular weight is 539 g/mol. The Kier molecular flexibility index (Phi) is 7.67. The summed E-state index contributed by atoms with van der Waals surface area (Å²) in [4.78, 5) is 0. The summed E-state index contributed by atoms with van der Waals surface area (Å²) < 4.78 is 8.11. The first-order chi connectivity index (χ1) is 15.9. The van der Waals surface area contributed by atoms with Crippen LogP contribution in [0.4, 0.5) is 0 Å².